The Balaban J connectivity index is 3.04. The largest absolute Gasteiger partial charge is 0.272 e. The molecular weight excluding hydrogens is 178 g/mol. The maximum absolute atomic E-state index is 10.8. The summed E-state index contributed by atoms with van der Waals surface area (Å²) in [7, 11) is -3.45. The van der Waals surface area contributed by atoms with Gasteiger partial charge in [0, 0.05) is 0 Å². The zero-order chi connectivity index (χ0) is 7.94. The van der Waals surface area contributed by atoms with Gasteiger partial charge in [-0.1, -0.05) is 0 Å². The third-order valence-corrected chi connectivity index (χ3v) is 3.86. The Morgan fingerprint density at radius 2 is 2.10 bits per heavy atom. The lowest BCUT2D eigenvalue weighted by molar-refractivity contribution is -0.118. The molecule has 58 valence electrons. The summed E-state index contributed by atoms with van der Waals surface area (Å²) in [6, 6.07) is 0. The highest BCUT2D eigenvalue weighted by atomic mass is 35.5. The average Bonchev–Trinajstić information content (AvgIpc) is 1.95. The van der Waals surface area contributed by atoms with Gasteiger partial charge in [0.05, 0.1) is 0 Å². The summed E-state index contributed by atoms with van der Waals surface area (Å²) in [6.45, 7) is 1.39. The van der Waals surface area contributed by atoms with Gasteiger partial charge >= 0.3 is 0 Å². The summed E-state index contributed by atoms with van der Waals surface area (Å²) in [5, 5.41) is -1.76. The van der Waals surface area contributed by atoms with Gasteiger partial charge in [-0.15, -0.1) is 11.6 Å². The van der Waals surface area contributed by atoms with Crippen LogP contribution in [0.4, 0.5) is 0 Å². The second-order valence-electron chi connectivity index (χ2n) is 2.12. The summed E-state index contributed by atoms with van der Waals surface area (Å²) in [5.74, 6) is -0.630. The summed E-state index contributed by atoms with van der Waals surface area (Å²) >= 11 is 5.41. The third kappa shape index (κ3) is 0.992. The number of carbonyl (C=O) groups excluding carboxylic acids is 1. The quantitative estimate of drug-likeness (QED) is 0.513. The maximum atomic E-state index is 10.8. The van der Waals surface area contributed by atoms with Crippen molar-refractivity contribution in [1.29, 1.82) is 0 Å². The number of nitrogens with one attached hydrogen (secondary N) is 1. The molecule has 1 amide bonds. The highest BCUT2D eigenvalue weighted by molar-refractivity contribution is 7.91. The van der Waals surface area contributed by atoms with Crippen LogP contribution in [-0.2, 0) is 14.8 Å². The van der Waals surface area contributed by atoms with Gasteiger partial charge in [0.15, 0.2) is 0 Å². The number of amides is 1. The Labute approximate surface area is 63.6 Å². The fraction of sp³-hybridized carbons (Fsp3) is 0.750. The number of sulfonamides is 1. The van der Waals surface area contributed by atoms with E-state index in [0.717, 1.165) is 0 Å². The fourth-order valence-corrected chi connectivity index (χ4v) is 2.22. The molecule has 4 nitrogen and oxygen atoms in total. The van der Waals surface area contributed by atoms with Crippen LogP contribution in [-0.4, -0.2) is 25.0 Å². The van der Waals surface area contributed by atoms with Crippen molar-refractivity contribution in [3.8, 4) is 0 Å². The van der Waals surface area contributed by atoms with Crippen LogP contribution in [0.1, 0.15) is 6.92 Å². The predicted molar refractivity (Wildman–Crippen MR) is 36.2 cm³/mol. The highest BCUT2D eigenvalue weighted by Crippen LogP contribution is 2.17. The van der Waals surface area contributed by atoms with Crippen LogP contribution in [0.15, 0.2) is 0 Å². The number of alkyl halides is 1. The standard InChI is InChI=1S/C4H6ClNO3S/c1-2-3(5)4(7)6-10(2,8)9/h2-3H,1H3,(H,6,7). The molecule has 0 aliphatic carbocycles. The summed E-state index contributed by atoms with van der Waals surface area (Å²) in [6.07, 6.45) is 0. The Bertz CT molecular complexity index is 260. The summed E-state index contributed by atoms with van der Waals surface area (Å²) in [4.78, 5) is 10.6. The Morgan fingerprint density at radius 1 is 1.60 bits per heavy atom. The fourth-order valence-electron chi connectivity index (χ4n) is 0.660. The zero-order valence-electron chi connectivity index (χ0n) is 5.17. The highest BCUT2D eigenvalue weighted by Gasteiger charge is 2.41. The zero-order valence-corrected chi connectivity index (χ0v) is 6.74. The van der Waals surface area contributed by atoms with Gasteiger partial charge in [0.25, 0.3) is 5.91 Å². The lowest BCUT2D eigenvalue weighted by atomic mass is 10.3. The molecule has 1 saturated heterocycles. The average molecular weight is 184 g/mol. The molecule has 1 fully saturated rings. The topological polar surface area (TPSA) is 63.2 Å². The van der Waals surface area contributed by atoms with E-state index in [0.29, 0.717) is 0 Å². The van der Waals surface area contributed by atoms with Crippen LogP contribution in [0.3, 0.4) is 0 Å². The van der Waals surface area contributed by atoms with Crippen LogP contribution in [0.5, 0.6) is 0 Å². The van der Waals surface area contributed by atoms with Gasteiger partial charge in [0.2, 0.25) is 10.0 Å². The van der Waals surface area contributed by atoms with Crippen molar-refractivity contribution in [2.24, 2.45) is 0 Å². The van der Waals surface area contributed by atoms with Crippen molar-refractivity contribution in [2.75, 3.05) is 0 Å². The first-order valence-corrected chi connectivity index (χ1v) is 4.63. The van der Waals surface area contributed by atoms with Gasteiger partial charge in [-0.25, -0.2) is 8.42 Å². The van der Waals surface area contributed by atoms with E-state index < -0.39 is 26.6 Å². The monoisotopic (exact) mass is 183 g/mol. The molecule has 10 heavy (non-hydrogen) atoms. The molecule has 0 aromatic heterocycles. The molecule has 1 aliphatic heterocycles. The normalized spacial score (nSPS) is 37.6. The molecule has 0 spiro atoms. The third-order valence-electron chi connectivity index (χ3n) is 1.39. The molecule has 0 saturated carbocycles. The lowest BCUT2D eigenvalue weighted by Crippen LogP contribution is -2.23. The minimum Gasteiger partial charge on any atom is -0.272 e. The molecule has 2 atom stereocenters. The Hall–Kier alpha value is -0.290. The van der Waals surface area contributed by atoms with Crippen molar-refractivity contribution < 1.29 is 13.2 Å². The molecule has 0 bridgehead atoms. The van der Waals surface area contributed by atoms with E-state index in [4.69, 9.17) is 11.6 Å². The van der Waals surface area contributed by atoms with Gasteiger partial charge in [0.1, 0.15) is 10.6 Å². The summed E-state index contributed by atoms with van der Waals surface area (Å²) < 4.78 is 23.3. The molecule has 0 radical (unpaired) electrons. The molecule has 2 unspecified atom stereocenters. The SMILES string of the molecule is CC1C(Cl)C(=O)NS1(=O)=O. The Kier molecular flexibility index (Phi) is 1.64. The van der Waals surface area contributed by atoms with Crippen molar-refractivity contribution >= 4 is 27.5 Å². The summed E-state index contributed by atoms with van der Waals surface area (Å²) in [5.41, 5.74) is 0. The van der Waals surface area contributed by atoms with Crippen molar-refractivity contribution in [3.05, 3.63) is 0 Å². The van der Waals surface area contributed by atoms with Crippen molar-refractivity contribution in [1.82, 2.24) is 4.72 Å². The molecule has 0 aromatic rings. The number of hydrogen-bond acceptors (Lipinski definition) is 3. The number of rotatable bonds is 0. The first-order chi connectivity index (χ1) is 4.45. The van der Waals surface area contributed by atoms with Crippen LogP contribution < -0.4 is 4.72 Å². The number of halogens is 1. The molecule has 1 heterocycles. The van der Waals surface area contributed by atoms with Gasteiger partial charge in [-0.2, -0.15) is 0 Å². The van der Waals surface area contributed by atoms with E-state index in [1.807, 2.05) is 0 Å². The molecule has 0 aromatic carbocycles. The van der Waals surface area contributed by atoms with Gasteiger partial charge in [-0.05, 0) is 6.92 Å². The molecule has 6 heteroatoms. The van der Waals surface area contributed by atoms with E-state index in [1.54, 1.807) is 4.72 Å². The van der Waals surface area contributed by atoms with Crippen LogP contribution >= 0.6 is 11.6 Å². The van der Waals surface area contributed by atoms with Crippen molar-refractivity contribution in [3.63, 3.8) is 0 Å². The van der Waals surface area contributed by atoms with E-state index in [9.17, 15) is 13.2 Å². The van der Waals surface area contributed by atoms with Crippen LogP contribution in [0.25, 0.3) is 0 Å². The second kappa shape index (κ2) is 2.10. The van der Waals surface area contributed by atoms with E-state index in [1.165, 1.54) is 6.92 Å². The van der Waals surface area contributed by atoms with Crippen molar-refractivity contribution in [2.45, 2.75) is 17.6 Å². The molecule has 1 aliphatic rings. The lowest BCUT2D eigenvalue weighted by Gasteiger charge is -1.99. The smallest absolute Gasteiger partial charge is 0.252 e. The van der Waals surface area contributed by atoms with Crippen LogP contribution in [0, 0.1) is 0 Å². The molecular formula is C4H6ClNO3S. The van der Waals surface area contributed by atoms with Gasteiger partial charge in [-0.3, -0.25) is 9.52 Å². The maximum Gasteiger partial charge on any atom is 0.252 e. The second-order valence-corrected chi connectivity index (χ2v) is 4.63. The van der Waals surface area contributed by atoms with E-state index in [-0.39, 0.29) is 0 Å². The number of carbonyl (C=O) groups is 1. The van der Waals surface area contributed by atoms with Crippen LogP contribution in [0.2, 0.25) is 0 Å². The van der Waals surface area contributed by atoms with E-state index in [2.05, 4.69) is 0 Å². The first kappa shape index (κ1) is 7.81. The van der Waals surface area contributed by atoms with E-state index >= 15 is 0 Å². The minimum absolute atomic E-state index is 0.630. The minimum atomic E-state index is -3.45. The molecule has 1 N–H and O–H groups in total. The number of hydrogen-bond donors (Lipinski definition) is 1. The Morgan fingerprint density at radius 3 is 2.20 bits per heavy atom. The predicted octanol–water partition coefficient (Wildman–Crippen LogP) is -0.558. The van der Waals surface area contributed by atoms with Gasteiger partial charge < -0.3 is 0 Å². The first-order valence-electron chi connectivity index (χ1n) is 2.64. The molecule has 1 rings (SSSR count).